The van der Waals surface area contributed by atoms with Gasteiger partial charge in [-0.15, -0.1) is 0 Å². The summed E-state index contributed by atoms with van der Waals surface area (Å²) in [4.78, 5) is 23.1. The molecule has 0 heterocycles. The van der Waals surface area contributed by atoms with Gasteiger partial charge in [0, 0.05) is 14.3 Å². The molecular weight excluding hydrogens is 409 g/mol. The smallest absolute Gasteiger partial charge is 0.339 e. The summed E-state index contributed by atoms with van der Waals surface area (Å²) in [7, 11) is 0. The number of halogens is 2. The molecule has 7 heteroatoms. The Hall–Kier alpha value is -1.80. The number of phenols is 1. The van der Waals surface area contributed by atoms with E-state index in [4.69, 9.17) is 16.7 Å². The molecule has 0 unspecified atom stereocenters. The van der Waals surface area contributed by atoms with Gasteiger partial charge in [-0.05, 0) is 59.0 Å². The van der Waals surface area contributed by atoms with E-state index in [9.17, 15) is 14.7 Å². The SMILES string of the molecule is O=C(O)c1cc(NC(=O)c2cc(Cl)ccc2I)ccc1O. The number of carbonyl (C=O) groups is 2. The highest BCUT2D eigenvalue weighted by molar-refractivity contribution is 14.1. The highest BCUT2D eigenvalue weighted by Crippen LogP contribution is 2.23. The fraction of sp³-hybridized carbons (Fsp3) is 0. The van der Waals surface area contributed by atoms with Crippen LogP contribution in [0, 0.1) is 3.57 Å². The monoisotopic (exact) mass is 417 g/mol. The van der Waals surface area contributed by atoms with Crippen molar-refractivity contribution < 1.29 is 19.8 Å². The van der Waals surface area contributed by atoms with E-state index in [2.05, 4.69) is 5.32 Å². The van der Waals surface area contributed by atoms with Crippen molar-refractivity contribution in [3.63, 3.8) is 0 Å². The topological polar surface area (TPSA) is 86.6 Å². The van der Waals surface area contributed by atoms with E-state index in [1.807, 2.05) is 22.6 Å². The van der Waals surface area contributed by atoms with Gasteiger partial charge in [-0.1, -0.05) is 11.6 Å². The van der Waals surface area contributed by atoms with Crippen LogP contribution in [-0.2, 0) is 0 Å². The number of hydrogen-bond acceptors (Lipinski definition) is 3. The molecule has 0 atom stereocenters. The summed E-state index contributed by atoms with van der Waals surface area (Å²) in [6.07, 6.45) is 0. The molecule has 0 fully saturated rings. The third kappa shape index (κ3) is 3.64. The number of carboxylic acids is 1. The summed E-state index contributed by atoms with van der Waals surface area (Å²) in [5.41, 5.74) is 0.368. The molecule has 0 aliphatic carbocycles. The van der Waals surface area contributed by atoms with Crippen LogP contribution in [0.2, 0.25) is 5.02 Å². The predicted molar refractivity (Wildman–Crippen MR) is 87.2 cm³/mol. The van der Waals surface area contributed by atoms with E-state index in [0.717, 1.165) is 0 Å². The van der Waals surface area contributed by atoms with Crippen LogP contribution >= 0.6 is 34.2 Å². The van der Waals surface area contributed by atoms with Gasteiger partial charge < -0.3 is 15.5 Å². The summed E-state index contributed by atoms with van der Waals surface area (Å²) >= 11 is 7.86. The minimum Gasteiger partial charge on any atom is -0.507 e. The number of rotatable bonds is 3. The highest BCUT2D eigenvalue weighted by atomic mass is 127. The second-order valence-corrected chi connectivity index (χ2v) is 5.71. The Kier molecular flexibility index (Phi) is 4.69. The van der Waals surface area contributed by atoms with Crippen molar-refractivity contribution in [1.82, 2.24) is 0 Å². The molecule has 0 bridgehead atoms. The van der Waals surface area contributed by atoms with Crippen LogP contribution in [0.5, 0.6) is 5.75 Å². The molecule has 2 aromatic rings. The molecular formula is C14H9ClINO4. The predicted octanol–water partition coefficient (Wildman–Crippen LogP) is 3.60. The summed E-state index contributed by atoms with van der Waals surface area (Å²) in [6.45, 7) is 0. The number of nitrogens with one attached hydrogen (secondary N) is 1. The number of carboxylic acid groups (broad SMARTS) is 1. The maximum absolute atomic E-state index is 12.2. The van der Waals surface area contributed by atoms with E-state index < -0.39 is 11.9 Å². The van der Waals surface area contributed by atoms with Crippen molar-refractivity contribution in [3.05, 3.63) is 56.1 Å². The molecule has 1 amide bonds. The van der Waals surface area contributed by atoms with Crippen LogP contribution in [-0.4, -0.2) is 22.1 Å². The molecule has 0 saturated heterocycles. The average Bonchev–Trinajstić information content (AvgIpc) is 2.43. The summed E-state index contributed by atoms with van der Waals surface area (Å²) in [6, 6.07) is 8.71. The Morgan fingerprint density at radius 2 is 1.81 bits per heavy atom. The first kappa shape index (κ1) is 15.6. The van der Waals surface area contributed by atoms with Crippen LogP contribution in [0.15, 0.2) is 36.4 Å². The molecule has 0 aromatic heterocycles. The van der Waals surface area contributed by atoms with Gasteiger partial charge in [-0.2, -0.15) is 0 Å². The Labute approximate surface area is 138 Å². The van der Waals surface area contributed by atoms with Crippen LogP contribution in [0.4, 0.5) is 5.69 Å². The second kappa shape index (κ2) is 6.31. The minimum atomic E-state index is -1.28. The van der Waals surface area contributed by atoms with Gasteiger partial charge in [-0.25, -0.2) is 4.79 Å². The Bertz CT molecular complexity index is 733. The number of anilines is 1. The Balaban J connectivity index is 2.29. The van der Waals surface area contributed by atoms with Gasteiger partial charge in [0.05, 0.1) is 5.56 Å². The molecule has 5 nitrogen and oxygen atoms in total. The summed E-state index contributed by atoms with van der Waals surface area (Å²) in [5, 5.41) is 21.4. The van der Waals surface area contributed by atoms with Crippen molar-refractivity contribution in [1.29, 1.82) is 0 Å². The molecule has 108 valence electrons. The van der Waals surface area contributed by atoms with E-state index in [1.54, 1.807) is 12.1 Å². The van der Waals surface area contributed by atoms with Crippen molar-refractivity contribution in [2.75, 3.05) is 5.32 Å². The molecule has 0 aliphatic heterocycles. The zero-order valence-corrected chi connectivity index (χ0v) is 13.3. The van der Waals surface area contributed by atoms with E-state index >= 15 is 0 Å². The lowest BCUT2D eigenvalue weighted by molar-refractivity contribution is 0.0693. The fourth-order valence-corrected chi connectivity index (χ4v) is 2.41. The van der Waals surface area contributed by atoms with Crippen LogP contribution in [0.25, 0.3) is 0 Å². The number of hydrogen-bond donors (Lipinski definition) is 3. The normalized spacial score (nSPS) is 10.2. The van der Waals surface area contributed by atoms with Gasteiger partial charge in [0.15, 0.2) is 0 Å². The first-order valence-electron chi connectivity index (χ1n) is 5.71. The van der Waals surface area contributed by atoms with Gasteiger partial charge in [0.1, 0.15) is 11.3 Å². The first-order chi connectivity index (χ1) is 9.88. The number of amides is 1. The molecule has 0 radical (unpaired) electrons. The number of carbonyl (C=O) groups excluding carboxylic acids is 1. The van der Waals surface area contributed by atoms with E-state index in [0.29, 0.717) is 14.2 Å². The zero-order valence-electron chi connectivity index (χ0n) is 10.4. The maximum Gasteiger partial charge on any atom is 0.339 e. The first-order valence-corrected chi connectivity index (χ1v) is 7.17. The maximum atomic E-state index is 12.2. The summed E-state index contributed by atoms with van der Waals surface area (Å²) in [5.74, 6) is -2.05. The number of aromatic carboxylic acids is 1. The quantitative estimate of drug-likeness (QED) is 0.526. The lowest BCUT2D eigenvalue weighted by Crippen LogP contribution is -2.14. The fourth-order valence-electron chi connectivity index (χ4n) is 1.66. The highest BCUT2D eigenvalue weighted by Gasteiger charge is 2.14. The zero-order chi connectivity index (χ0) is 15.6. The van der Waals surface area contributed by atoms with Gasteiger partial charge >= 0.3 is 5.97 Å². The van der Waals surface area contributed by atoms with E-state index in [-0.39, 0.29) is 17.0 Å². The largest absolute Gasteiger partial charge is 0.507 e. The van der Waals surface area contributed by atoms with Crippen molar-refractivity contribution in [3.8, 4) is 5.75 Å². The van der Waals surface area contributed by atoms with Gasteiger partial charge in [0.2, 0.25) is 0 Å². The lowest BCUT2D eigenvalue weighted by atomic mass is 10.1. The van der Waals surface area contributed by atoms with Crippen LogP contribution < -0.4 is 5.32 Å². The minimum absolute atomic E-state index is 0.269. The van der Waals surface area contributed by atoms with Crippen LogP contribution in [0.1, 0.15) is 20.7 Å². The Morgan fingerprint density at radius 1 is 1.10 bits per heavy atom. The standard InChI is InChI=1S/C14H9ClINO4/c15-7-1-3-11(16)9(5-7)13(19)17-8-2-4-12(18)10(6-8)14(20)21/h1-6,18H,(H,17,19)(H,20,21). The molecule has 2 aromatic carbocycles. The molecule has 0 aliphatic rings. The van der Waals surface area contributed by atoms with Crippen LogP contribution in [0.3, 0.4) is 0 Å². The molecule has 3 N–H and O–H groups in total. The number of aromatic hydroxyl groups is 1. The van der Waals surface area contributed by atoms with Crippen molar-refractivity contribution in [2.24, 2.45) is 0 Å². The number of benzene rings is 2. The third-order valence-corrected chi connectivity index (χ3v) is 3.83. The summed E-state index contributed by atoms with van der Waals surface area (Å²) < 4.78 is 0.715. The molecule has 21 heavy (non-hydrogen) atoms. The molecule has 0 spiro atoms. The van der Waals surface area contributed by atoms with Gasteiger partial charge in [-0.3, -0.25) is 4.79 Å². The average molecular weight is 418 g/mol. The molecule has 0 saturated carbocycles. The molecule has 2 rings (SSSR count). The van der Waals surface area contributed by atoms with E-state index in [1.165, 1.54) is 24.3 Å². The lowest BCUT2D eigenvalue weighted by Gasteiger charge is -2.09. The van der Waals surface area contributed by atoms with Crippen molar-refractivity contribution >= 4 is 51.8 Å². The van der Waals surface area contributed by atoms with Crippen molar-refractivity contribution in [2.45, 2.75) is 0 Å². The van der Waals surface area contributed by atoms with Gasteiger partial charge in [0.25, 0.3) is 5.91 Å². The third-order valence-electron chi connectivity index (χ3n) is 2.66. The second-order valence-electron chi connectivity index (χ2n) is 4.12. The Morgan fingerprint density at radius 3 is 2.48 bits per heavy atom.